The average molecular weight is 298 g/mol. The lowest BCUT2D eigenvalue weighted by Gasteiger charge is -2.26. The van der Waals surface area contributed by atoms with Gasteiger partial charge in [0.25, 0.3) is 5.91 Å². The summed E-state index contributed by atoms with van der Waals surface area (Å²) in [6.45, 7) is 2.69. The van der Waals surface area contributed by atoms with E-state index < -0.39 is 0 Å². The van der Waals surface area contributed by atoms with E-state index in [-0.39, 0.29) is 5.91 Å². The molecule has 4 heteroatoms. The maximum Gasteiger partial charge on any atom is 0.254 e. The summed E-state index contributed by atoms with van der Waals surface area (Å²) in [4.78, 5) is 18.1. The summed E-state index contributed by atoms with van der Waals surface area (Å²) in [6.07, 6.45) is 6.08. The van der Waals surface area contributed by atoms with Crippen LogP contribution in [-0.2, 0) is 17.6 Å². The molecular formula is C18H22N2O2. The highest BCUT2D eigenvalue weighted by atomic mass is 16.5. The van der Waals surface area contributed by atoms with Crippen molar-refractivity contribution in [2.24, 2.45) is 0 Å². The second kappa shape index (κ2) is 5.76. The first kappa shape index (κ1) is 13.8. The summed E-state index contributed by atoms with van der Waals surface area (Å²) < 4.78 is 5.33. The van der Waals surface area contributed by atoms with Gasteiger partial charge in [0, 0.05) is 35.2 Å². The Labute approximate surface area is 130 Å². The zero-order valence-electron chi connectivity index (χ0n) is 12.9. The van der Waals surface area contributed by atoms with Crippen molar-refractivity contribution in [2.45, 2.75) is 32.1 Å². The van der Waals surface area contributed by atoms with Crippen molar-refractivity contribution in [3.05, 3.63) is 35.0 Å². The molecule has 0 radical (unpaired) electrons. The van der Waals surface area contributed by atoms with E-state index >= 15 is 0 Å². The summed E-state index contributed by atoms with van der Waals surface area (Å²) in [5.74, 6) is 0.133. The number of carbonyl (C=O) groups is 1. The highest BCUT2D eigenvalue weighted by Gasteiger charge is 2.20. The number of hydrogen-bond acceptors (Lipinski definition) is 2. The molecule has 0 bridgehead atoms. The number of morpholine rings is 1. The molecule has 1 amide bonds. The molecule has 1 saturated heterocycles. The lowest BCUT2D eigenvalue weighted by Crippen LogP contribution is -2.40. The summed E-state index contributed by atoms with van der Waals surface area (Å²) in [5.41, 5.74) is 4.79. The van der Waals surface area contributed by atoms with Crippen LogP contribution in [0.2, 0.25) is 0 Å². The normalized spacial score (nSPS) is 19.0. The van der Waals surface area contributed by atoms with Gasteiger partial charge in [0.15, 0.2) is 0 Å². The first-order chi connectivity index (χ1) is 10.8. The van der Waals surface area contributed by atoms with Crippen LogP contribution < -0.4 is 0 Å². The molecule has 2 aliphatic rings. The van der Waals surface area contributed by atoms with Crippen molar-refractivity contribution in [1.82, 2.24) is 9.88 Å². The van der Waals surface area contributed by atoms with E-state index in [9.17, 15) is 4.79 Å². The van der Waals surface area contributed by atoms with E-state index in [4.69, 9.17) is 4.74 Å². The minimum absolute atomic E-state index is 0.133. The third-order valence-electron chi connectivity index (χ3n) is 4.89. The van der Waals surface area contributed by atoms with E-state index in [0.717, 1.165) is 18.4 Å². The van der Waals surface area contributed by atoms with E-state index in [2.05, 4.69) is 17.1 Å². The van der Waals surface area contributed by atoms with E-state index in [1.54, 1.807) is 0 Å². The molecule has 1 aliphatic heterocycles. The Morgan fingerprint density at radius 2 is 1.91 bits per heavy atom. The molecule has 116 valence electrons. The highest BCUT2D eigenvalue weighted by molar-refractivity contribution is 5.99. The molecule has 2 aromatic rings. The number of aryl methyl sites for hydroxylation is 2. The van der Waals surface area contributed by atoms with Crippen LogP contribution in [0.3, 0.4) is 0 Å². The molecule has 2 heterocycles. The van der Waals surface area contributed by atoms with Crippen LogP contribution >= 0.6 is 0 Å². The summed E-state index contributed by atoms with van der Waals surface area (Å²) >= 11 is 0. The molecule has 0 atom stereocenters. The van der Waals surface area contributed by atoms with Crippen LogP contribution in [-0.4, -0.2) is 42.1 Å². The van der Waals surface area contributed by atoms with Gasteiger partial charge < -0.3 is 14.6 Å². The number of amides is 1. The number of H-pyrrole nitrogens is 1. The lowest BCUT2D eigenvalue weighted by molar-refractivity contribution is 0.0303. The van der Waals surface area contributed by atoms with Crippen molar-refractivity contribution in [2.75, 3.05) is 26.3 Å². The molecule has 1 aromatic carbocycles. The number of benzene rings is 1. The molecule has 0 unspecified atom stereocenters. The second-order valence-corrected chi connectivity index (χ2v) is 6.31. The molecule has 1 fully saturated rings. The van der Waals surface area contributed by atoms with Crippen molar-refractivity contribution in [1.29, 1.82) is 0 Å². The maximum atomic E-state index is 12.7. The van der Waals surface area contributed by atoms with Crippen molar-refractivity contribution < 1.29 is 9.53 Å². The van der Waals surface area contributed by atoms with Gasteiger partial charge in [-0.15, -0.1) is 0 Å². The Bertz CT molecular complexity index is 698. The monoisotopic (exact) mass is 298 g/mol. The van der Waals surface area contributed by atoms with Gasteiger partial charge in [-0.1, -0.05) is 6.42 Å². The third-order valence-corrected chi connectivity index (χ3v) is 4.89. The van der Waals surface area contributed by atoms with Crippen LogP contribution in [0.15, 0.2) is 18.2 Å². The Morgan fingerprint density at radius 1 is 1.09 bits per heavy atom. The minimum Gasteiger partial charge on any atom is -0.378 e. The van der Waals surface area contributed by atoms with Crippen LogP contribution in [0.1, 0.15) is 40.9 Å². The van der Waals surface area contributed by atoms with Crippen molar-refractivity contribution >= 4 is 16.8 Å². The number of hydrogen-bond donors (Lipinski definition) is 1. The first-order valence-corrected chi connectivity index (χ1v) is 8.33. The number of rotatable bonds is 1. The second-order valence-electron chi connectivity index (χ2n) is 6.31. The molecule has 1 N–H and O–H groups in total. The number of aromatic nitrogens is 1. The van der Waals surface area contributed by atoms with Crippen LogP contribution in [0.4, 0.5) is 0 Å². The SMILES string of the molecule is O=C(c1ccc2[nH]c3c(c2c1)CCCCC3)N1CCOCC1. The number of nitrogens with zero attached hydrogens (tertiary/aromatic N) is 1. The van der Waals surface area contributed by atoms with Crippen molar-refractivity contribution in [3.63, 3.8) is 0 Å². The van der Waals surface area contributed by atoms with E-state index in [0.29, 0.717) is 26.3 Å². The van der Waals surface area contributed by atoms with Gasteiger partial charge in [-0.2, -0.15) is 0 Å². The van der Waals surface area contributed by atoms with E-state index in [1.807, 2.05) is 11.0 Å². The average Bonchev–Trinajstić information content (AvgIpc) is 2.75. The summed E-state index contributed by atoms with van der Waals surface area (Å²) in [6, 6.07) is 6.11. The Kier molecular flexibility index (Phi) is 3.62. The molecule has 22 heavy (non-hydrogen) atoms. The largest absolute Gasteiger partial charge is 0.378 e. The highest BCUT2D eigenvalue weighted by Crippen LogP contribution is 2.29. The standard InChI is InChI=1S/C18H22N2O2/c21-18(20-8-10-22-11-9-20)13-6-7-17-15(12-13)14-4-2-1-3-5-16(14)19-17/h6-7,12,19H,1-5,8-11H2. The first-order valence-electron chi connectivity index (χ1n) is 8.33. The smallest absolute Gasteiger partial charge is 0.254 e. The molecule has 1 aromatic heterocycles. The number of ether oxygens (including phenoxy) is 1. The number of aromatic amines is 1. The molecule has 4 nitrogen and oxygen atoms in total. The lowest BCUT2D eigenvalue weighted by atomic mass is 10.0. The van der Waals surface area contributed by atoms with Gasteiger partial charge in [-0.3, -0.25) is 4.79 Å². The summed E-state index contributed by atoms with van der Waals surface area (Å²) in [7, 11) is 0. The predicted octanol–water partition coefficient (Wildman–Crippen LogP) is 2.91. The van der Waals surface area contributed by atoms with Gasteiger partial charge in [0.1, 0.15) is 0 Å². The molecule has 1 aliphatic carbocycles. The Morgan fingerprint density at radius 3 is 2.77 bits per heavy atom. The predicted molar refractivity (Wildman–Crippen MR) is 86.3 cm³/mol. The van der Waals surface area contributed by atoms with Gasteiger partial charge >= 0.3 is 0 Å². The van der Waals surface area contributed by atoms with Crippen LogP contribution in [0, 0.1) is 0 Å². The van der Waals surface area contributed by atoms with Crippen molar-refractivity contribution in [3.8, 4) is 0 Å². The zero-order chi connectivity index (χ0) is 14.9. The minimum atomic E-state index is 0.133. The molecule has 0 saturated carbocycles. The van der Waals surface area contributed by atoms with Gasteiger partial charge in [-0.05, 0) is 49.4 Å². The number of fused-ring (bicyclic) bond motifs is 3. The zero-order valence-corrected chi connectivity index (χ0v) is 12.9. The van der Waals surface area contributed by atoms with Crippen LogP contribution in [0.5, 0.6) is 0 Å². The fourth-order valence-corrected chi connectivity index (χ4v) is 3.66. The molecular weight excluding hydrogens is 276 g/mol. The number of nitrogens with one attached hydrogen (secondary N) is 1. The Hall–Kier alpha value is -1.81. The maximum absolute atomic E-state index is 12.7. The molecule has 4 rings (SSSR count). The van der Waals surface area contributed by atoms with Gasteiger partial charge in [0.05, 0.1) is 13.2 Å². The van der Waals surface area contributed by atoms with Crippen LogP contribution in [0.25, 0.3) is 10.9 Å². The molecule has 0 spiro atoms. The van der Waals surface area contributed by atoms with E-state index in [1.165, 1.54) is 41.4 Å². The number of carbonyl (C=O) groups excluding carboxylic acids is 1. The van der Waals surface area contributed by atoms with Gasteiger partial charge in [-0.25, -0.2) is 0 Å². The third kappa shape index (κ3) is 2.41. The quantitative estimate of drug-likeness (QED) is 0.823. The fraction of sp³-hybridized carbons (Fsp3) is 0.500. The van der Waals surface area contributed by atoms with Gasteiger partial charge in [0.2, 0.25) is 0 Å². The fourth-order valence-electron chi connectivity index (χ4n) is 3.66. The summed E-state index contributed by atoms with van der Waals surface area (Å²) in [5, 5.41) is 1.25. The topological polar surface area (TPSA) is 45.3 Å². The Balaban J connectivity index is 1.70.